The molecule has 0 spiro atoms. The van der Waals surface area contributed by atoms with Gasteiger partial charge < -0.3 is 10.6 Å². The summed E-state index contributed by atoms with van der Waals surface area (Å²) in [5, 5.41) is 0. The number of nitrogens with zero attached hydrogens (tertiary/aromatic N) is 1. The van der Waals surface area contributed by atoms with Crippen molar-refractivity contribution in [2.75, 3.05) is 18.0 Å². The second-order valence-corrected chi connectivity index (χ2v) is 3.52. The molecule has 1 aliphatic rings. The number of anilines is 1. The monoisotopic (exact) mass is 176 g/mol. The quantitative estimate of drug-likeness (QED) is 0.705. The fourth-order valence-corrected chi connectivity index (χ4v) is 1.77. The van der Waals surface area contributed by atoms with Crippen LogP contribution in [0.4, 0.5) is 5.69 Å². The number of para-hydroxylation sites is 1. The second-order valence-electron chi connectivity index (χ2n) is 3.52. The Kier molecular flexibility index (Phi) is 2.23. The molecule has 0 radical (unpaired) electrons. The molecule has 0 amide bonds. The van der Waals surface area contributed by atoms with E-state index in [1.165, 1.54) is 11.3 Å². The van der Waals surface area contributed by atoms with E-state index in [0.29, 0.717) is 6.04 Å². The zero-order valence-corrected chi connectivity index (χ0v) is 8.03. The number of benzene rings is 1. The smallest absolute Gasteiger partial charge is 0.0588 e. The molecule has 1 atom stereocenters. The van der Waals surface area contributed by atoms with Gasteiger partial charge in [0.15, 0.2) is 0 Å². The molecule has 1 aliphatic heterocycles. The third kappa shape index (κ3) is 1.54. The molecule has 13 heavy (non-hydrogen) atoms. The Morgan fingerprint density at radius 2 is 2.23 bits per heavy atom. The molecule has 2 N–H and O–H groups in total. The van der Waals surface area contributed by atoms with Crippen molar-refractivity contribution in [1.29, 1.82) is 0 Å². The number of nitrogens with two attached hydrogens (primary N) is 1. The van der Waals surface area contributed by atoms with Crippen molar-refractivity contribution in [1.82, 2.24) is 0 Å². The molecule has 1 aromatic carbocycles. The van der Waals surface area contributed by atoms with Gasteiger partial charge in [-0.3, -0.25) is 0 Å². The predicted molar refractivity (Wildman–Crippen MR) is 56.0 cm³/mol. The van der Waals surface area contributed by atoms with Gasteiger partial charge in [0, 0.05) is 18.8 Å². The van der Waals surface area contributed by atoms with Gasteiger partial charge in [-0.15, -0.1) is 0 Å². The first kappa shape index (κ1) is 8.57. The van der Waals surface area contributed by atoms with Crippen LogP contribution in [0.2, 0.25) is 0 Å². The topological polar surface area (TPSA) is 29.0 Å². The molecule has 0 aromatic heterocycles. The fraction of sp³-hybridized carbons (Fsp3) is 0.455. The normalized spacial score (nSPS) is 20.5. The molecule has 70 valence electrons. The highest BCUT2D eigenvalue weighted by molar-refractivity contribution is 5.59. The van der Waals surface area contributed by atoms with Crippen molar-refractivity contribution < 1.29 is 0 Å². The van der Waals surface area contributed by atoms with E-state index in [0.717, 1.165) is 19.5 Å². The van der Waals surface area contributed by atoms with Gasteiger partial charge in [0.25, 0.3) is 0 Å². The summed E-state index contributed by atoms with van der Waals surface area (Å²) < 4.78 is 0. The molecule has 2 nitrogen and oxygen atoms in total. The first-order chi connectivity index (χ1) is 6.36. The summed E-state index contributed by atoms with van der Waals surface area (Å²) in [6.45, 7) is 4.10. The first-order valence-electron chi connectivity index (χ1n) is 4.91. The molecule has 0 aliphatic carbocycles. The summed E-state index contributed by atoms with van der Waals surface area (Å²) in [4.78, 5) is 2.37. The number of rotatable bonds is 3. The zero-order valence-electron chi connectivity index (χ0n) is 8.03. The predicted octanol–water partition coefficient (Wildman–Crippen LogP) is 1.40. The van der Waals surface area contributed by atoms with E-state index in [4.69, 9.17) is 5.73 Å². The van der Waals surface area contributed by atoms with Gasteiger partial charge in [-0.2, -0.15) is 0 Å². The van der Waals surface area contributed by atoms with Gasteiger partial charge in [0.2, 0.25) is 0 Å². The SMILES string of the molecule is CCc1ccccc1N1CC1CN. The molecule has 1 fully saturated rings. The van der Waals surface area contributed by atoms with Crippen LogP contribution in [0.25, 0.3) is 0 Å². The number of hydrogen-bond acceptors (Lipinski definition) is 2. The van der Waals surface area contributed by atoms with E-state index in [-0.39, 0.29) is 0 Å². The number of aryl methyl sites for hydroxylation is 1. The fourth-order valence-electron chi connectivity index (χ4n) is 1.77. The minimum atomic E-state index is 0.590. The van der Waals surface area contributed by atoms with Gasteiger partial charge >= 0.3 is 0 Å². The second kappa shape index (κ2) is 3.38. The van der Waals surface area contributed by atoms with Crippen molar-refractivity contribution in [3.8, 4) is 0 Å². The summed E-state index contributed by atoms with van der Waals surface area (Å²) in [7, 11) is 0. The van der Waals surface area contributed by atoms with E-state index >= 15 is 0 Å². The molecular weight excluding hydrogens is 160 g/mol. The molecule has 1 unspecified atom stereocenters. The summed E-state index contributed by atoms with van der Waals surface area (Å²) in [6, 6.07) is 9.17. The summed E-state index contributed by atoms with van der Waals surface area (Å²) in [5.41, 5.74) is 8.42. The van der Waals surface area contributed by atoms with Gasteiger partial charge in [0.05, 0.1) is 6.04 Å². The molecule has 1 aromatic rings. The van der Waals surface area contributed by atoms with Crippen molar-refractivity contribution in [2.24, 2.45) is 5.73 Å². The zero-order chi connectivity index (χ0) is 9.26. The van der Waals surface area contributed by atoms with Crippen LogP contribution < -0.4 is 10.6 Å². The number of hydrogen-bond donors (Lipinski definition) is 1. The summed E-state index contributed by atoms with van der Waals surface area (Å²) >= 11 is 0. The van der Waals surface area contributed by atoms with Crippen molar-refractivity contribution in [3.63, 3.8) is 0 Å². The molecule has 0 saturated carbocycles. The van der Waals surface area contributed by atoms with Crippen molar-refractivity contribution in [3.05, 3.63) is 29.8 Å². The van der Waals surface area contributed by atoms with Crippen molar-refractivity contribution >= 4 is 5.69 Å². The van der Waals surface area contributed by atoms with Gasteiger partial charge in [-0.25, -0.2) is 0 Å². The van der Waals surface area contributed by atoms with Crippen LogP contribution in [0.3, 0.4) is 0 Å². The Morgan fingerprint density at radius 3 is 2.85 bits per heavy atom. The lowest BCUT2D eigenvalue weighted by Gasteiger charge is -2.09. The molecule has 0 bridgehead atoms. The summed E-state index contributed by atoms with van der Waals surface area (Å²) in [6.07, 6.45) is 1.10. The van der Waals surface area contributed by atoms with E-state index in [9.17, 15) is 0 Å². The first-order valence-corrected chi connectivity index (χ1v) is 4.91. The standard InChI is InChI=1S/C11H16N2/c1-2-9-5-3-4-6-11(9)13-8-10(13)7-12/h3-6,10H,2,7-8,12H2,1H3. The van der Waals surface area contributed by atoms with E-state index in [1.54, 1.807) is 0 Å². The molecule has 1 heterocycles. The average Bonchev–Trinajstić information content (AvgIpc) is 2.96. The van der Waals surface area contributed by atoms with Crippen LogP contribution in [0, 0.1) is 0 Å². The lowest BCUT2D eigenvalue weighted by molar-refractivity contribution is 0.962. The molecule has 1 saturated heterocycles. The average molecular weight is 176 g/mol. The van der Waals surface area contributed by atoms with Crippen LogP contribution in [0.5, 0.6) is 0 Å². The molecule has 2 rings (SSSR count). The Labute approximate surface area is 79.4 Å². The van der Waals surface area contributed by atoms with Crippen LogP contribution >= 0.6 is 0 Å². The third-order valence-corrected chi connectivity index (χ3v) is 2.67. The molecule has 2 heteroatoms. The lowest BCUT2D eigenvalue weighted by Crippen LogP contribution is -2.12. The third-order valence-electron chi connectivity index (χ3n) is 2.67. The Balaban J connectivity index is 2.20. The highest BCUT2D eigenvalue weighted by atomic mass is 15.3. The minimum absolute atomic E-state index is 0.590. The maximum atomic E-state index is 5.61. The van der Waals surface area contributed by atoms with Gasteiger partial charge in [-0.1, -0.05) is 25.1 Å². The van der Waals surface area contributed by atoms with Crippen LogP contribution in [-0.2, 0) is 6.42 Å². The largest absolute Gasteiger partial charge is 0.363 e. The lowest BCUT2D eigenvalue weighted by atomic mass is 10.1. The Morgan fingerprint density at radius 1 is 1.46 bits per heavy atom. The highest BCUT2D eigenvalue weighted by Gasteiger charge is 2.33. The van der Waals surface area contributed by atoms with Crippen LogP contribution in [0.15, 0.2) is 24.3 Å². The molecular formula is C11H16N2. The Bertz CT molecular complexity index is 296. The Hall–Kier alpha value is -1.02. The highest BCUT2D eigenvalue weighted by Crippen LogP contribution is 2.30. The van der Waals surface area contributed by atoms with Crippen molar-refractivity contribution in [2.45, 2.75) is 19.4 Å². The minimum Gasteiger partial charge on any atom is -0.363 e. The summed E-state index contributed by atoms with van der Waals surface area (Å²) in [5.74, 6) is 0. The maximum absolute atomic E-state index is 5.61. The van der Waals surface area contributed by atoms with E-state index in [1.807, 2.05) is 0 Å². The van der Waals surface area contributed by atoms with E-state index in [2.05, 4.69) is 36.1 Å². The van der Waals surface area contributed by atoms with Crippen LogP contribution in [-0.4, -0.2) is 19.1 Å². The van der Waals surface area contributed by atoms with Crippen LogP contribution in [0.1, 0.15) is 12.5 Å². The maximum Gasteiger partial charge on any atom is 0.0588 e. The van der Waals surface area contributed by atoms with Gasteiger partial charge in [-0.05, 0) is 18.1 Å². The van der Waals surface area contributed by atoms with Gasteiger partial charge in [0.1, 0.15) is 0 Å². The van der Waals surface area contributed by atoms with E-state index < -0.39 is 0 Å².